The lowest BCUT2D eigenvalue weighted by Crippen LogP contribution is -2.58. The predicted octanol–water partition coefficient (Wildman–Crippen LogP) is 6.27. The zero-order chi connectivity index (χ0) is 48.7. The molecule has 4 amide bonds. The van der Waals surface area contributed by atoms with Gasteiger partial charge in [-0.2, -0.15) is 10.2 Å². The van der Waals surface area contributed by atoms with Crippen LogP contribution in [0.4, 0.5) is 20.3 Å². The first kappa shape index (κ1) is 48.0. The van der Waals surface area contributed by atoms with Gasteiger partial charge in [-0.1, -0.05) is 45.0 Å². The number of aromatic nitrogens is 5. The maximum absolute atomic E-state index is 15.2. The number of rotatable bonds is 12. The molecule has 2 aromatic carbocycles. The first-order valence-corrected chi connectivity index (χ1v) is 24.7. The molecule has 2 fully saturated rings. The van der Waals surface area contributed by atoms with E-state index in [2.05, 4.69) is 25.4 Å². The fourth-order valence-electron chi connectivity index (χ4n) is 10.2. The van der Waals surface area contributed by atoms with E-state index in [0.717, 1.165) is 57.8 Å². The molecule has 4 aliphatic rings. The second kappa shape index (κ2) is 19.7. The molecule has 4 aliphatic heterocycles. The van der Waals surface area contributed by atoms with Crippen molar-refractivity contribution < 1.29 is 37.8 Å². The van der Waals surface area contributed by atoms with Crippen molar-refractivity contribution in [1.29, 1.82) is 0 Å². The van der Waals surface area contributed by atoms with E-state index in [0.29, 0.717) is 68.3 Å². The summed E-state index contributed by atoms with van der Waals surface area (Å²) >= 11 is 1.56. The van der Waals surface area contributed by atoms with Gasteiger partial charge in [-0.25, -0.2) is 13.8 Å². The molecule has 2 saturated heterocycles. The summed E-state index contributed by atoms with van der Waals surface area (Å²) in [6.07, 6.45) is 3.01. The molecule has 0 saturated carbocycles. The Morgan fingerprint density at radius 1 is 1.03 bits per heavy atom. The number of carbonyl (C=O) groups is 4. The van der Waals surface area contributed by atoms with Crippen LogP contribution in [0.1, 0.15) is 99.5 Å². The van der Waals surface area contributed by atoms with Crippen LogP contribution in [0.3, 0.4) is 0 Å². The number of aryl methyl sites for hydroxylation is 2. The van der Waals surface area contributed by atoms with Crippen molar-refractivity contribution in [2.24, 2.45) is 5.41 Å². The maximum Gasteiger partial charge on any atom is 0.264 e. The lowest BCUT2D eigenvalue weighted by atomic mass is 9.85. The van der Waals surface area contributed by atoms with Crippen LogP contribution in [0.5, 0.6) is 0 Å². The molecule has 366 valence electrons. The zero-order valence-corrected chi connectivity index (χ0v) is 40.5. The number of carbonyl (C=O) groups excluding carboxylic acids is 4. The number of alkyl halides is 2. The van der Waals surface area contributed by atoms with Crippen LogP contribution >= 0.6 is 11.3 Å². The molecule has 0 bridgehead atoms. The number of halogens is 2. The third-order valence-electron chi connectivity index (χ3n) is 13.9. The van der Waals surface area contributed by atoms with Gasteiger partial charge in [-0.05, 0) is 72.4 Å². The van der Waals surface area contributed by atoms with Crippen LogP contribution in [0.25, 0.3) is 21.6 Å². The van der Waals surface area contributed by atoms with Gasteiger partial charge in [0.25, 0.3) is 6.43 Å². The molecule has 7 heterocycles. The summed E-state index contributed by atoms with van der Waals surface area (Å²) in [5.74, 6) is -0.788. The SMILES string of the molecule is CC(=O)N1CCc2c(c(N3CCCc4cc(-c5cnn(CC(=O)N[C@H](C(=O)N6C[C@H](O)C[C@H]6C(=O)NCc6ccc(-c7scnc7C)cc6)C(C)(C)C)c5)c(C(F)F)cc43)nn2C2CCOCC2)C1. The van der Waals surface area contributed by atoms with Gasteiger partial charge in [0.2, 0.25) is 23.6 Å². The Balaban J connectivity index is 0.896. The van der Waals surface area contributed by atoms with Crippen LogP contribution in [0.15, 0.2) is 54.3 Å². The number of hydrogen-bond acceptors (Lipinski definition) is 11. The number of hydrogen-bond donors (Lipinski definition) is 3. The van der Waals surface area contributed by atoms with Crippen molar-refractivity contribution in [3.05, 3.63) is 87.9 Å². The Kier molecular flexibility index (Phi) is 13.7. The lowest BCUT2D eigenvalue weighted by Gasteiger charge is -2.35. The van der Waals surface area contributed by atoms with Gasteiger partial charge in [0, 0.05) is 93.4 Å². The van der Waals surface area contributed by atoms with Crippen LogP contribution < -0.4 is 15.5 Å². The number of β-amino-alcohol motifs (C(OH)–C–C–N with tert-alkyl or cyclic N) is 1. The number of amides is 4. The normalized spacial score (nSPS) is 19.1. The number of nitrogens with one attached hydrogen (secondary N) is 2. The fraction of sp³-hybridized carbons (Fsp3) is 0.500. The number of aliphatic hydroxyl groups excluding tert-OH is 1. The van der Waals surface area contributed by atoms with Gasteiger partial charge in [0.1, 0.15) is 18.6 Å². The number of thiazole rings is 1. The van der Waals surface area contributed by atoms with E-state index in [-0.39, 0.29) is 43.6 Å². The quantitative estimate of drug-likeness (QED) is 0.129. The number of aliphatic hydroxyl groups is 1. The Hall–Kier alpha value is -6.05. The number of nitrogens with zero attached hydrogens (tertiary/aromatic N) is 8. The minimum absolute atomic E-state index is 0.0235. The molecule has 0 aliphatic carbocycles. The molecule has 19 heteroatoms. The van der Waals surface area contributed by atoms with Crippen molar-refractivity contribution in [2.45, 2.75) is 123 Å². The number of likely N-dealkylation sites (tertiary alicyclic amines) is 1. The average Bonchev–Trinajstić information content (AvgIpc) is 4.15. The zero-order valence-electron chi connectivity index (χ0n) is 39.7. The van der Waals surface area contributed by atoms with E-state index in [1.807, 2.05) is 41.0 Å². The van der Waals surface area contributed by atoms with E-state index in [9.17, 15) is 24.3 Å². The van der Waals surface area contributed by atoms with Gasteiger partial charge < -0.3 is 35.2 Å². The van der Waals surface area contributed by atoms with E-state index in [4.69, 9.17) is 9.84 Å². The molecule has 3 N–H and O–H groups in total. The van der Waals surface area contributed by atoms with E-state index >= 15 is 8.78 Å². The average molecular weight is 967 g/mol. The molecule has 9 rings (SSSR count). The lowest BCUT2D eigenvalue weighted by molar-refractivity contribution is -0.144. The Morgan fingerprint density at radius 3 is 2.49 bits per heavy atom. The topological polar surface area (TPSA) is 180 Å². The second-order valence-electron chi connectivity index (χ2n) is 19.7. The molecule has 0 spiro atoms. The molecule has 3 atom stereocenters. The van der Waals surface area contributed by atoms with Crippen LogP contribution in [-0.4, -0.2) is 114 Å². The van der Waals surface area contributed by atoms with Crippen molar-refractivity contribution in [2.75, 3.05) is 37.7 Å². The maximum atomic E-state index is 15.2. The van der Waals surface area contributed by atoms with Gasteiger partial charge in [-0.3, -0.25) is 28.5 Å². The third-order valence-corrected chi connectivity index (χ3v) is 14.8. The number of ether oxygens (including phenoxy) is 1. The first-order chi connectivity index (χ1) is 33.0. The smallest absolute Gasteiger partial charge is 0.264 e. The molecule has 0 unspecified atom stereocenters. The van der Waals surface area contributed by atoms with E-state index < -0.39 is 47.7 Å². The highest BCUT2D eigenvalue weighted by Crippen LogP contribution is 2.44. The summed E-state index contributed by atoms with van der Waals surface area (Å²) in [5, 5.41) is 26.1. The van der Waals surface area contributed by atoms with Gasteiger partial charge in [0.05, 0.1) is 41.0 Å². The summed E-state index contributed by atoms with van der Waals surface area (Å²) in [5.41, 5.74) is 7.94. The van der Waals surface area contributed by atoms with Crippen molar-refractivity contribution in [3.8, 4) is 21.6 Å². The van der Waals surface area contributed by atoms with Crippen LogP contribution in [0.2, 0.25) is 0 Å². The summed E-state index contributed by atoms with van der Waals surface area (Å²) in [6.45, 7) is 11.6. The molecule has 3 aromatic heterocycles. The molecular formula is C50H60F2N10O6S. The van der Waals surface area contributed by atoms with Crippen molar-refractivity contribution in [1.82, 2.24) is 45.0 Å². The summed E-state index contributed by atoms with van der Waals surface area (Å²) in [7, 11) is 0. The third kappa shape index (κ3) is 10.0. The molecule has 0 radical (unpaired) electrons. The summed E-state index contributed by atoms with van der Waals surface area (Å²) in [4.78, 5) is 64.8. The van der Waals surface area contributed by atoms with E-state index in [1.54, 1.807) is 62.9 Å². The number of fused-ring (bicyclic) bond motifs is 2. The van der Waals surface area contributed by atoms with Crippen LogP contribution in [0, 0.1) is 12.3 Å². The van der Waals surface area contributed by atoms with E-state index in [1.165, 1.54) is 15.8 Å². The Labute approximate surface area is 404 Å². The number of benzene rings is 2. The molecule has 69 heavy (non-hydrogen) atoms. The van der Waals surface area contributed by atoms with Crippen molar-refractivity contribution in [3.63, 3.8) is 0 Å². The highest BCUT2D eigenvalue weighted by Gasteiger charge is 2.45. The first-order valence-electron chi connectivity index (χ1n) is 23.8. The Morgan fingerprint density at radius 2 is 1.80 bits per heavy atom. The standard InChI is InChI=1S/C50H60F2N10O6S/c1-29-44(69-28-54-29)32-10-8-31(9-11-32)22-53-48(66)42-20-36(64)25-61(42)49(67)45(50(3,4)5)56-43(65)27-59-24-34(23-55-59)37-19-33-7-6-15-60(41(33)21-38(37)46(51)52)47-39-26-58(30(2)63)16-12-40(39)62(57-47)35-13-17-68-18-14-35/h8-11,19,21,23-24,28,35-36,42,45-46,64H,6-7,12-18,20,22,25-27H2,1-5H3,(H,53,66)(H,56,65)/t36-,42+,45-/m1/s1. The fourth-order valence-corrected chi connectivity index (χ4v) is 11.0. The monoisotopic (exact) mass is 966 g/mol. The van der Waals surface area contributed by atoms with Gasteiger partial charge in [0.15, 0.2) is 5.82 Å². The highest BCUT2D eigenvalue weighted by atomic mass is 32.1. The van der Waals surface area contributed by atoms with Crippen LogP contribution in [-0.2, 0) is 56.4 Å². The summed E-state index contributed by atoms with van der Waals surface area (Å²) < 4.78 is 39.5. The van der Waals surface area contributed by atoms with Gasteiger partial charge in [-0.15, -0.1) is 11.3 Å². The largest absolute Gasteiger partial charge is 0.391 e. The minimum Gasteiger partial charge on any atom is -0.391 e. The summed E-state index contributed by atoms with van der Waals surface area (Å²) in [6, 6.07) is 9.27. The molecular weight excluding hydrogens is 907 g/mol. The number of anilines is 2. The van der Waals surface area contributed by atoms with Gasteiger partial charge >= 0.3 is 0 Å². The molecule has 5 aromatic rings. The minimum atomic E-state index is -2.83. The molecule has 16 nitrogen and oxygen atoms in total. The Bertz CT molecular complexity index is 2720. The van der Waals surface area contributed by atoms with Crippen molar-refractivity contribution >= 4 is 46.5 Å². The highest BCUT2D eigenvalue weighted by molar-refractivity contribution is 7.13. The predicted molar refractivity (Wildman–Crippen MR) is 256 cm³/mol. The second-order valence-corrected chi connectivity index (χ2v) is 20.6.